The number of rotatable bonds is 1. The molecule has 1 aromatic heterocycles. The maximum Gasteiger partial charge on any atom is 0.254 e. The van der Waals surface area contributed by atoms with Crippen molar-refractivity contribution in [3.05, 3.63) is 59.9 Å². The minimum absolute atomic E-state index is 0.113. The van der Waals surface area contributed by atoms with Crippen LogP contribution in [-0.2, 0) is 6.42 Å². The van der Waals surface area contributed by atoms with Gasteiger partial charge in [-0.2, -0.15) is 0 Å². The van der Waals surface area contributed by atoms with Crippen molar-refractivity contribution >= 4 is 22.6 Å². The Morgan fingerprint density at radius 2 is 2.08 bits per heavy atom. The molecule has 3 heterocycles. The number of aromatic nitrogens is 2. The molecule has 1 fully saturated rings. The number of benzene rings is 2. The molecule has 2 aliphatic heterocycles. The Kier molecular flexibility index (Phi) is 2.89. The first-order valence-electron chi connectivity index (χ1n) is 8.36. The number of imidazole rings is 1. The Bertz CT molecular complexity index is 932. The van der Waals surface area contributed by atoms with Gasteiger partial charge in [0.2, 0.25) is 0 Å². The molecule has 5 heteroatoms. The fourth-order valence-corrected chi connectivity index (χ4v) is 4.00. The van der Waals surface area contributed by atoms with E-state index in [0.717, 1.165) is 42.7 Å². The summed E-state index contributed by atoms with van der Waals surface area (Å²) in [6.45, 7) is 2.46. The third-order valence-corrected chi connectivity index (χ3v) is 5.19. The SMILES string of the molecule is O=C(c1ccc2nc[nH]c2c1)N1CCN2c3ccccc3CC2C1. The lowest BCUT2D eigenvalue weighted by molar-refractivity contribution is 0.0725. The van der Waals surface area contributed by atoms with Crippen molar-refractivity contribution in [2.75, 3.05) is 24.5 Å². The van der Waals surface area contributed by atoms with Crippen LogP contribution in [0.4, 0.5) is 5.69 Å². The Morgan fingerprint density at radius 1 is 1.17 bits per heavy atom. The fourth-order valence-electron chi connectivity index (χ4n) is 4.00. The number of carbonyl (C=O) groups is 1. The van der Waals surface area contributed by atoms with Gasteiger partial charge >= 0.3 is 0 Å². The quantitative estimate of drug-likeness (QED) is 0.750. The maximum absolute atomic E-state index is 12.9. The van der Waals surface area contributed by atoms with Gasteiger partial charge in [0.05, 0.1) is 23.4 Å². The average molecular weight is 318 g/mol. The molecule has 2 aromatic carbocycles. The number of piperazine rings is 1. The Hall–Kier alpha value is -2.82. The molecule has 5 rings (SSSR count). The maximum atomic E-state index is 12.9. The highest BCUT2D eigenvalue weighted by Gasteiger charge is 2.35. The summed E-state index contributed by atoms with van der Waals surface area (Å²) in [4.78, 5) is 24.6. The summed E-state index contributed by atoms with van der Waals surface area (Å²) in [5.74, 6) is 0.113. The molecule has 1 saturated heterocycles. The molecule has 2 aliphatic rings. The second kappa shape index (κ2) is 5.09. The van der Waals surface area contributed by atoms with Gasteiger partial charge in [-0.1, -0.05) is 18.2 Å². The van der Waals surface area contributed by atoms with Gasteiger partial charge in [0.1, 0.15) is 0 Å². The number of H-pyrrole nitrogens is 1. The molecule has 0 aliphatic carbocycles. The molecule has 0 radical (unpaired) electrons. The number of para-hydroxylation sites is 1. The first-order chi connectivity index (χ1) is 11.8. The average Bonchev–Trinajstić information content (AvgIpc) is 3.23. The van der Waals surface area contributed by atoms with Crippen LogP contribution in [-0.4, -0.2) is 46.5 Å². The van der Waals surface area contributed by atoms with Crippen LogP contribution in [0.15, 0.2) is 48.8 Å². The molecule has 3 aromatic rings. The van der Waals surface area contributed by atoms with E-state index in [2.05, 4.69) is 39.1 Å². The zero-order valence-electron chi connectivity index (χ0n) is 13.3. The van der Waals surface area contributed by atoms with Crippen LogP contribution in [0.25, 0.3) is 11.0 Å². The zero-order valence-corrected chi connectivity index (χ0v) is 13.3. The molecule has 1 unspecified atom stereocenters. The van der Waals surface area contributed by atoms with Gasteiger partial charge in [-0.15, -0.1) is 0 Å². The van der Waals surface area contributed by atoms with Crippen molar-refractivity contribution in [3.63, 3.8) is 0 Å². The van der Waals surface area contributed by atoms with E-state index in [-0.39, 0.29) is 5.91 Å². The second-order valence-electron chi connectivity index (χ2n) is 6.57. The molecule has 120 valence electrons. The van der Waals surface area contributed by atoms with E-state index < -0.39 is 0 Å². The summed E-state index contributed by atoms with van der Waals surface area (Å²) in [6, 6.07) is 14.7. The normalized spacial score (nSPS) is 19.4. The number of fused-ring (bicyclic) bond motifs is 4. The minimum Gasteiger partial charge on any atom is -0.364 e. The van der Waals surface area contributed by atoms with Crippen LogP contribution in [0.5, 0.6) is 0 Å². The summed E-state index contributed by atoms with van der Waals surface area (Å²) < 4.78 is 0. The first-order valence-corrected chi connectivity index (χ1v) is 8.36. The summed E-state index contributed by atoms with van der Waals surface area (Å²) >= 11 is 0. The van der Waals surface area contributed by atoms with Gasteiger partial charge in [0.15, 0.2) is 0 Å². The monoisotopic (exact) mass is 318 g/mol. The van der Waals surface area contributed by atoms with E-state index in [9.17, 15) is 4.79 Å². The van der Waals surface area contributed by atoms with Gasteiger partial charge in [0.25, 0.3) is 5.91 Å². The number of amides is 1. The number of hydrogen-bond donors (Lipinski definition) is 1. The van der Waals surface area contributed by atoms with Gasteiger partial charge < -0.3 is 14.8 Å². The van der Waals surface area contributed by atoms with Crippen molar-refractivity contribution in [1.82, 2.24) is 14.9 Å². The molecule has 0 spiro atoms. The second-order valence-corrected chi connectivity index (χ2v) is 6.57. The summed E-state index contributed by atoms with van der Waals surface area (Å²) in [5, 5.41) is 0. The molecule has 1 amide bonds. The summed E-state index contributed by atoms with van der Waals surface area (Å²) in [7, 11) is 0. The molecule has 5 nitrogen and oxygen atoms in total. The molecule has 0 saturated carbocycles. The molecule has 1 N–H and O–H groups in total. The number of anilines is 1. The molecule has 1 atom stereocenters. The fraction of sp³-hybridized carbons (Fsp3) is 0.263. The largest absolute Gasteiger partial charge is 0.364 e. The smallest absolute Gasteiger partial charge is 0.254 e. The predicted octanol–water partition coefficient (Wildman–Crippen LogP) is 2.45. The number of carbonyl (C=O) groups excluding carboxylic acids is 1. The topological polar surface area (TPSA) is 52.2 Å². The number of aromatic amines is 1. The standard InChI is InChI=1S/C19H18N4O/c24-19(14-5-6-16-17(10-14)21-12-20-16)22-7-8-23-15(11-22)9-13-3-1-2-4-18(13)23/h1-6,10,12,15H,7-9,11H2,(H,20,21). The van der Waals surface area contributed by atoms with Gasteiger partial charge in [0, 0.05) is 30.9 Å². The molecular weight excluding hydrogens is 300 g/mol. The molecular formula is C19H18N4O. The highest BCUT2D eigenvalue weighted by molar-refractivity contribution is 5.97. The number of hydrogen-bond acceptors (Lipinski definition) is 3. The van der Waals surface area contributed by atoms with E-state index in [1.807, 2.05) is 23.1 Å². The van der Waals surface area contributed by atoms with Crippen LogP contribution in [0, 0.1) is 0 Å². The van der Waals surface area contributed by atoms with Crippen molar-refractivity contribution < 1.29 is 4.79 Å². The first kappa shape index (κ1) is 13.6. The Labute approximate surface area is 139 Å². The van der Waals surface area contributed by atoms with Crippen LogP contribution < -0.4 is 4.90 Å². The van der Waals surface area contributed by atoms with Crippen molar-refractivity contribution in [1.29, 1.82) is 0 Å². The van der Waals surface area contributed by atoms with E-state index in [1.54, 1.807) is 6.33 Å². The zero-order chi connectivity index (χ0) is 16.1. The van der Waals surface area contributed by atoms with Crippen LogP contribution in [0.1, 0.15) is 15.9 Å². The lowest BCUT2D eigenvalue weighted by Gasteiger charge is -2.39. The molecule has 24 heavy (non-hydrogen) atoms. The third kappa shape index (κ3) is 2.01. The highest BCUT2D eigenvalue weighted by Crippen LogP contribution is 2.34. The van der Waals surface area contributed by atoms with E-state index in [1.165, 1.54) is 11.3 Å². The van der Waals surface area contributed by atoms with Gasteiger partial charge in [-0.25, -0.2) is 4.98 Å². The third-order valence-electron chi connectivity index (χ3n) is 5.19. The predicted molar refractivity (Wildman–Crippen MR) is 93.3 cm³/mol. The van der Waals surface area contributed by atoms with E-state index in [0.29, 0.717) is 6.04 Å². The lowest BCUT2D eigenvalue weighted by Crippen LogP contribution is -2.53. The summed E-state index contributed by atoms with van der Waals surface area (Å²) in [6.07, 6.45) is 2.69. The van der Waals surface area contributed by atoms with E-state index >= 15 is 0 Å². The van der Waals surface area contributed by atoms with E-state index in [4.69, 9.17) is 0 Å². The van der Waals surface area contributed by atoms with Crippen LogP contribution in [0.2, 0.25) is 0 Å². The Balaban J connectivity index is 1.38. The molecule has 0 bridgehead atoms. The Morgan fingerprint density at radius 3 is 3.04 bits per heavy atom. The van der Waals surface area contributed by atoms with Crippen molar-refractivity contribution in [3.8, 4) is 0 Å². The lowest BCUT2D eigenvalue weighted by atomic mass is 10.1. The summed E-state index contributed by atoms with van der Waals surface area (Å²) in [5.41, 5.74) is 5.27. The van der Waals surface area contributed by atoms with Crippen molar-refractivity contribution in [2.45, 2.75) is 12.5 Å². The highest BCUT2D eigenvalue weighted by atomic mass is 16.2. The van der Waals surface area contributed by atoms with Crippen LogP contribution in [0.3, 0.4) is 0 Å². The minimum atomic E-state index is 0.113. The number of nitrogens with one attached hydrogen (secondary N) is 1. The van der Waals surface area contributed by atoms with Gasteiger partial charge in [-0.05, 0) is 36.2 Å². The van der Waals surface area contributed by atoms with Crippen molar-refractivity contribution in [2.24, 2.45) is 0 Å². The number of nitrogens with zero attached hydrogens (tertiary/aromatic N) is 3. The van der Waals surface area contributed by atoms with Crippen LogP contribution >= 0.6 is 0 Å². The van der Waals surface area contributed by atoms with Gasteiger partial charge in [-0.3, -0.25) is 4.79 Å².